The number of anilines is 2. The number of nitrogens with zero attached hydrogens (tertiary/aromatic N) is 3. The van der Waals surface area contributed by atoms with Gasteiger partial charge in [-0.1, -0.05) is 6.92 Å². The lowest BCUT2D eigenvalue weighted by atomic mass is 10.1. The minimum absolute atomic E-state index is 0.0566. The van der Waals surface area contributed by atoms with Gasteiger partial charge in [0.15, 0.2) is 11.6 Å². The molecule has 1 atom stereocenters. The Bertz CT molecular complexity index is 1020. The third-order valence-electron chi connectivity index (χ3n) is 5.08. The maximum atomic E-state index is 13.6. The van der Waals surface area contributed by atoms with Gasteiger partial charge in [0.05, 0.1) is 19.0 Å². The van der Waals surface area contributed by atoms with Gasteiger partial charge in [-0.2, -0.15) is 5.10 Å². The molecular formula is C21H22FN5O2. The first-order chi connectivity index (χ1) is 14.1. The Morgan fingerprint density at radius 2 is 2.21 bits per heavy atom. The number of ether oxygens (including phenoxy) is 1. The fraction of sp³-hybridized carbons (Fsp3) is 0.286. The zero-order valence-electron chi connectivity index (χ0n) is 16.3. The number of carbonyl (C=O) groups is 1. The highest BCUT2D eigenvalue weighted by molar-refractivity contribution is 6.00. The van der Waals surface area contributed by atoms with Crippen molar-refractivity contribution < 1.29 is 13.9 Å². The molecule has 1 fully saturated rings. The molecule has 4 rings (SSSR count). The van der Waals surface area contributed by atoms with Crippen molar-refractivity contribution in [2.75, 3.05) is 23.9 Å². The van der Waals surface area contributed by atoms with E-state index in [0.717, 1.165) is 23.2 Å². The van der Waals surface area contributed by atoms with Crippen molar-refractivity contribution in [2.45, 2.75) is 25.8 Å². The largest absolute Gasteiger partial charge is 0.494 e. The second-order valence-electron chi connectivity index (χ2n) is 6.83. The van der Waals surface area contributed by atoms with E-state index in [1.807, 2.05) is 25.3 Å². The van der Waals surface area contributed by atoms with Gasteiger partial charge in [0, 0.05) is 35.6 Å². The summed E-state index contributed by atoms with van der Waals surface area (Å²) in [6, 6.07) is 7.92. The topological polar surface area (TPSA) is 83.1 Å². The Balaban J connectivity index is 1.53. The minimum atomic E-state index is -0.438. The summed E-state index contributed by atoms with van der Waals surface area (Å²) in [7, 11) is 1.41. The second-order valence-corrected chi connectivity index (χ2v) is 6.83. The summed E-state index contributed by atoms with van der Waals surface area (Å²) in [5.41, 5.74) is 3.53. The van der Waals surface area contributed by atoms with Crippen molar-refractivity contribution >= 4 is 17.4 Å². The fourth-order valence-corrected chi connectivity index (χ4v) is 3.56. The molecule has 0 spiro atoms. The molecule has 3 heterocycles. The Hall–Kier alpha value is -3.42. The number of nitrogens with one attached hydrogen (secondary N) is 2. The number of amides is 1. The van der Waals surface area contributed by atoms with E-state index in [0.29, 0.717) is 24.5 Å². The average molecular weight is 395 g/mol. The summed E-state index contributed by atoms with van der Waals surface area (Å²) in [4.78, 5) is 19.4. The summed E-state index contributed by atoms with van der Waals surface area (Å²) < 4.78 is 18.6. The van der Waals surface area contributed by atoms with Gasteiger partial charge in [0.1, 0.15) is 11.9 Å². The molecule has 0 aliphatic carbocycles. The molecule has 1 aliphatic heterocycles. The van der Waals surface area contributed by atoms with Crippen molar-refractivity contribution in [3.63, 3.8) is 0 Å². The lowest BCUT2D eigenvalue weighted by Crippen LogP contribution is -2.34. The smallest absolute Gasteiger partial charge is 0.250 e. The Labute approximate surface area is 167 Å². The number of hydrogen-bond acceptors (Lipinski definition) is 5. The number of halogens is 1. The molecule has 7 nitrogen and oxygen atoms in total. The quantitative estimate of drug-likeness (QED) is 0.668. The number of aromatic nitrogens is 3. The van der Waals surface area contributed by atoms with Gasteiger partial charge in [0.25, 0.3) is 5.91 Å². The second kappa shape index (κ2) is 7.90. The molecule has 2 N–H and O–H groups in total. The molecule has 0 bridgehead atoms. The highest BCUT2D eigenvalue weighted by Gasteiger charge is 2.33. The van der Waals surface area contributed by atoms with Crippen molar-refractivity contribution in [3.05, 3.63) is 54.2 Å². The number of hydrogen-bond donors (Lipinski definition) is 2. The molecule has 1 saturated heterocycles. The van der Waals surface area contributed by atoms with Crippen LogP contribution in [0.15, 0.2) is 42.7 Å². The van der Waals surface area contributed by atoms with Crippen LogP contribution in [-0.2, 0) is 11.2 Å². The van der Waals surface area contributed by atoms with Gasteiger partial charge in [-0.25, -0.2) is 9.37 Å². The molecular weight excluding hydrogens is 373 g/mol. The molecule has 2 aromatic heterocycles. The van der Waals surface area contributed by atoms with E-state index in [2.05, 4.69) is 15.5 Å². The maximum absolute atomic E-state index is 13.6. The number of rotatable bonds is 6. The highest BCUT2D eigenvalue weighted by atomic mass is 19.1. The molecule has 1 unspecified atom stereocenters. The predicted octanol–water partition coefficient (Wildman–Crippen LogP) is 3.40. The first kappa shape index (κ1) is 18.9. The molecule has 0 radical (unpaired) electrons. The van der Waals surface area contributed by atoms with Crippen LogP contribution in [0.1, 0.15) is 19.0 Å². The predicted molar refractivity (Wildman–Crippen MR) is 109 cm³/mol. The fourth-order valence-electron chi connectivity index (χ4n) is 3.56. The molecule has 1 aliphatic rings. The molecule has 29 heavy (non-hydrogen) atoms. The highest BCUT2D eigenvalue weighted by Crippen LogP contribution is 2.29. The SMILES string of the molecule is CCc1nc(N2CCC(Nc3ccc(F)c(OC)c3)C2=O)ccc1-c1cn[nH]c1. The molecule has 150 valence electrons. The van der Waals surface area contributed by atoms with E-state index in [4.69, 9.17) is 9.72 Å². The number of methoxy groups -OCH3 is 1. The van der Waals surface area contributed by atoms with E-state index in [1.165, 1.54) is 13.2 Å². The maximum Gasteiger partial charge on any atom is 0.250 e. The Kier molecular flexibility index (Phi) is 5.16. The van der Waals surface area contributed by atoms with E-state index in [9.17, 15) is 9.18 Å². The van der Waals surface area contributed by atoms with Crippen LogP contribution in [0, 0.1) is 5.82 Å². The standard InChI is InChI=1S/C21H22FN5O2/c1-3-17-15(13-11-23-24-12-13)5-7-20(26-17)27-9-8-18(21(27)28)25-14-4-6-16(22)19(10-14)29-2/h4-7,10-12,18,25H,3,8-9H2,1-2H3,(H,23,24). The molecule has 0 saturated carbocycles. The van der Waals surface area contributed by atoms with E-state index >= 15 is 0 Å². The number of H-pyrrole nitrogens is 1. The van der Waals surface area contributed by atoms with Gasteiger partial charge in [-0.3, -0.25) is 14.8 Å². The van der Waals surface area contributed by atoms with Crippen LogP contribution in [-0.4, -0.2) is 40.8 Å². The first-order valence-electron chi connectivity index (χ1n) is 9.51. The van der Waals surface area contributed by atoms with Gasteiger partial charge in [-0.15, -0.1) is 0 Å². The molecule has 3 aromatic rings. The van der Waals surface area contributed by atoms with E-state index < -0.39 is 11.9 Å². The zero-order valence-corrected chi connectivity index (χ0v) is 16.3. The van der Waals surface area contributed by atoms with Crippen LogP contribution in [0.5, 0.6) is 5.75 Å². The summed E-state index contributed by atoms with van der Waals surface area (Å²) in [5.74, 6) is 0.284. The monoisotopic (exact) mass is 395 g/mol. The van der Waals surface area contributed by atoms with Crippen LogP contribution in [0.4, 0.5) is 15.9 Å². The average Bonchev–Trinajstić information content (AvgIpc) is 3.39. The van der Waals surface area contributed by atoms with Crippen LogP contribution in [0.3, 0.4) is 0 Å². The summed E-state index contributed by atoms with van der Waals surface area (Å²) in [5, 5.41) is 9.99. The van der Waals surface area contributed by atoms with Crippen LogP contribution in [0.25, 0.3) is 11.1 Å². The lowest BCUT2D eigenvalue weighted by molar-refractivity contribution is -0.117. The van der Waals surface area contributed by atoms with Crippen molar-refractivity contribution in [3.8, 4) is 16.9 Å². The van der Waals surface area contributed by atoms with Gasteiger partial charge >= 0.3 is 0 Å². The number of aromatic amines is 1. The lowest BCUT2D eigenvalue weighted by Gasteiger charge is -2.18. The van der Waals surface area contributed by atoms with Gasteiger partial charge in [0.2, 0.25) is 0 Å². The third kappa shape index (κ3) is 3.65. The number of aryl methyl sites for hydroxylation is 1. The summed E-state index contributed by atoms with van der Waals surface area (Å²) in [6.45, 7) is 2.60. The Morgan fingerprint density at radius 1 is 1.34 bits per heavy atom. The minimum Gasteiger partial charge on any atom is -0.494 e. The number of carbonyl (C=O) groups excluding carboxylic acids is 1. The van der Waals surface area contributed by atoms with Crippen LogP contribution >= 0.6 is 0 Å². The normalized spacial score (nSPS) is 16.3. The third-order valence-corrected chi connectivity index (χ3v) is 5.08. The molecule has 1 aromatic carbocycles. The van der Waals surface area contributed by atoms with Crippen LogP contribution in [0.2, 0.25) is 0 Å². The number of pyridine rings is 1. The zero-order chi connectivity index (χ0) is 20.4. The van der Waals surface area contributed by atoms with E-state index in [1.54, 1.807) is 23.2 Å². The Morgan fingerprint density at radius 3 is 2.93 bits per heavy atom. The van der Waals surface area contributed by atoms with Crippen LogP contribution < -0.4 is 15.0 Å². The number of benzene rings is 1. The van der Waals surface area contributed by atoms with E-state index in [-0.39, 0.29) is 11.7 Å². The van der Waals surface area contributed by atoms with Crippen molar-refractivity contribution in [1.29, 1.82) is 0 Å². The van der Waals surface area contributed by atoms with Crippen molar-refractivity contribution in [2.24, 2.45) is 0 Å². The summed E-state index contributed by atoms with van der Waals surface area (Å²) >= 11 is 0. The summed E-state index contributed by atoms with van der Waals surface area (Å²) in [6.07, 6.45) is 4.96. The molecule has 8 heteroatoms. The molecule has 1 amide bonds. The van der Waals surface area contributed by atoms with Gasteiger partial charge < -0.3 is 10.1 Å². The van der Waals surface area contributed by atoms with Crippen molar-refractivity contribution in [1.82, 2.24) is 15.2 Å². The first-order valence-corrected chi connectivity index (χ1v) is 9.51. The van der Waals surface area contributed by atoms with Gasteiger partial charge in [-0.05, 0) is 37.1 Å².